The average Bonchev–Trinajstić information content (AvgIpc) is 3.20. The summed E-state index contributed by atoms with van der Waals surface area (Å²) in [4.78, 5) is 42.8. The molecule has 0 saturated heterocycles. The van der Waals surface area contributed by atoms with Crippen LogP contribution in [-0.2, 0) is 20.9 Å². The number of anilines is 1. The number of oxazole rings is 1. The second kappa shape index (κ2) is 13.0. The van der Waals surface area contributed by atoms with Crippen LogP contribution in [0.2, 0.25) is 0 Å². The van der Waals surface area contributed by atoms with Gasteiger partial charge in [0.25, 0.3) is 5.91 Å². The number of nitrogens with zero attached hydrogens (tertiary/aromatic N) is 1. The van der Waals surface area contributed by atoms with Crippen molar-refractivity contribution in [1.82, 2.24) is 9.88 Å². The lowest BCUT2D eigenvalue weighted by Crippen LogP contribution is -2.42. The molecular weight excluding hydrogens is 526 g/mol. The monoisotopic (exact) mass is 557 g/mol. The number of hydrogen-bond acceptors (Lipinski definition) is 9. The van der Waals surface area contributed by atoms with Crippen molar-refractivity contribution >= 4 is 34.6 Å². The molecule has 6 N–H and O–H groups in total. The molecule has 0 unspecified atom stereocenters. The van der Waals surface area contributed by atoms with Crippen molar-refractivity contribution < 1.29 is 44.0 Å². The number of aliphatic carboxylic acids is 2. The van der Waals surface area contributed by atoms with Gasteiger partial charge in [-0.05, 0) is 44.9 Å². The van der Waals surface area contributed by atoms with Crippen LogP contribution in [-0.4, -0.2) is 61.5 Å². The van der Waals surface area contributed by atoms with Crippen molar-refractivity contribution in [2.75, 3.05) is 18.5 Å². The number of carbonyl (C=O) groups excluding carboxylic acids is 1. The Morgan fingerprint density at radius 3 is 2.50 bits per heavy atom. The number of carbonyl (C=O) groups is 3. The molecule has 1 atom stereocenters. The number of aromatic hydroxyl groups is 1. The smallest absolute Gasteiger partial charge is 0.419 e. The van der Waals surface area contributed by atoms with Gasteiger partial charge in [-0.15, -0.1) is 0 Å². The molecule has 4 rings (SSSR count). The molecule has 0 spiro atoms. The van der Waals surface area contributed by atoms with E-state index in [9.17, 15) is 29.4 Å². The zero-order valence-corrected chi connectivity index (χ0v) is 21.9. The standard InChI is InChI=1S/C23H27N3O6.C4H4O4/c1-23(2,8-5-9-26-17-6-3-4-7-19(17)32-22(26)30)24-12-18(28)15-10-14(27)11-16-21(15)31-13-20(29)25-16;5-3(6)1-2-4(7)8/h3-4,6-7,10-11,18,24,27-28H,5,8-9,12-13H2,1-2H3,(H,25,29);1-2H,(H,5,6)(H,7,8)/b;2-1-/t18-;/m0./s1. The highest BCUT2D eigenvalue weighted by atomic mass is 16.5. The lowest BCUT2D eigenvalue weighted by atomic mass is 9.97. The average molecular weight is 558 g/mol. The van der Waals surface area contributed by atoms with Crippen LogP contribution in [0.5, 0.6) is 11.5 Å². The number of rotatable bonds is 10. The fourth-order valence-corrected chi connectivity index (χ4v) is 4.08. The first kappa shape index (κ1) is 29.9. The van der Waals surface area contributed by atoms with E-state index < -0.39 is 18.0 Å². The topological polar surface area (TPSA) is 201 Å². The van der Waals surface area contributed by atoms with E-state index in [2.05, 4.69) is 10.6 Å². The Balaban J connectivity index is 0.000000482. The second-order valence-electron chi connectivity index (χ2n) is 9.63. The lowest BCUT2D eigenvalue weighted by molar-refractivity contribution is -0.134. The van der Waals surface area contributed by atoms with Gasteiger partial charge in [0.15, 0.2) is 12.2 Å². The quantitative estimate of drug-likeness (QED) is 0.200. The molecular formula is C27H31N3O10. The molecule has 1 aliphatic heterocycles. The molecule has 13 nitrogen and oxygen atoms in total. The Hall–Kier alpha value is -4.62. The molecule has 0 radical (unpaired) electrons. The number of para-hydroxylation sites is 2. The van der Waals surface area contributed by atoms with Crippen molar-refractivity contribution in [3.63, 3.8) is 0 Å². The first-order valence-corrected chi connectivity index (χ1v) is 12.3. The Kier molecular flexibility index (Phi) is 9.69. The fraction of sp³-hybridized carbons (Fsp3) is 0.333. The molecule has 1 amide bonds. The number of carboxylic acids is 2. The van der Waals surface area contributed by atoms with Crippen molar-refractivity contribution in [3.8, 4) is 11.5 Å². The Morgan fingerprint density at radius 1 is 1.15 bits per heavy atom. The molecule has 2 aromatic carbocycles. The third kappa shape index (κ3) is 8.19. The SMILES string of the molecule is CC(C)(CCCn1c(=O)oc2ccccc21)NC[C@H](O)c1cc(O)cc2c1OCC(=O)N2.O=C(O)/C=C\C(=O)O. The number of fused-ring (bicyclic) bond motifs is 2. The van der Waals surface area contributed by atoms with Crippen LogP contribution >= 0.6 is 0 Å². The summed E-state index contributed by atoms with van der Waals surface area (Å²) >= 11 is 0. The van der Waals surface area contributed by atoms with E-state index in [0.717, 1.165) is 18.4 Å². The minimum Gasteiger partial charge on any atom is -0.508 e. The number of amides is 1. The Morgan fingerprint density at radius 2 is 1.82 bits per heavy atom. The summed E-state index contributed by atoms with van der Waals surface area (Å²) in [6, 6.07) is 10.2. The molecule has 0 aliphatic carbocycles. The van der Waals surface area contributed by atoms with Crippen LogP contribution < -0.4 is 21.1 Å². The predicted octanol–water partition coefficient (Wildman–Crippen LogP) is 2.22. The van der Waals surface area contributed by atoms with E-state index in [4.69, 9.17) is 19.4 Å². The van der Waals surface area contributed by atoms with Crippen LogP contribution in [0.3, 0.4) is 0 Å². The van der Waals surface area contributed by atoms with Crippen molar-refractivity contribution in [3.05, 3.63) is 64.7 Å². The van der Waals surface area contributed by atoms with E-state index in [1.54, 1.807) is 10.6 Å². The molecule has 13 heteroatoms. The van der Waals surface area contributed by atoms with Crippen LogP contribution in [0.15, 0.2) is 57.8 Å². The third-order valence-corrected chi connectivity index (χ3v) is 5.98. The van der Waals surface area contributed by atoms with Crippen molar-refractivity contribution in [2.45, 2.75) is 44.9 Å². The van der Waals surface area contributed by atoms with Crippen LogP contribution in [0.4, 0.5) is 5.69 Å². The maximum atomic E-state index is 12.1. The largest absolute Gasteiger partial charge is 0.508 e. The van der Waals surface area contributed by atoms with E-state index in [1.807, 2.05) is 32.0 Å². The van der Waals surface area contributed by atoms with Gasteiger partial charge in [0, 0.05) is 42.4 Å². The molecule has 0 bridgehead atoms. The minimum absolute atomic E-state index is 0.0689. The van der Waals surface area contributed by atoms with Crippen LogP contribution in [0.25, 0.3) is 11.1 Å². The first-order valence-electron chi connectivity index (χ1n) is 12.3. The highest BCUT2D eigenvalue weighted by Gasteiger charge is 2.26. The fourth-order valence-electron chi connectivity index (χ4n) is 4.08. The highest BCUT2D eigenvalue weighted by molar-refractivity contribution is 5.96. The van der Waals surface area contributed by atoms with Gasteiger partial charge >= 0.3 is 17.7 Å². The minimum atomic E-state index is -1.26. The van der Waals surface area contributed by atoms with Gasteiger partial charge in [-0.1, -0.05) is 12.1 Å². The summed E-state index contributed by atoms with van der Waals surface area (Å²) in [5.41, 5.74) is 1.77. The Bertz CT molecular complexity index is 1450. The molecule has 1 aliphatic rings. The maximum Gasteiger partial charge on any atom is 0.419 e. The molecule has 40 heavy (non-hydrogen) atoms. The molecule has 3 aromatic rings. The summed E-state index contributed by atoms with van der Waals surface area (Å²) in [5, 5.41) is 42.3. The molecule has 0 fully saturated rings. The number of aryl methyl sites for hydroxylation is 1. The van der Waals surface area contributed by atoms with E-state index >= 15 is 0 Å². The highest BCUT2D eigenvalue weighted by Crippen LogP contribution is 2.38. The van der Waals surface area contributed by atoms with Crippen LogP contribution in [0.1, 0.15) is 38.4 Å². The first-order chi connectivity index (χ1) is 18.9. The Labute approximate surface area is 228 Å². The number of aromatic nitrogens is 1. The number of aliphatic hydroxyl groups is 1. The number of phenols is 1. The number of β-amino-alcohol motifs (C(OH)–C–C–N with tert-alkyl or cyclic N) is 1. The van der Waals surface area contributed by atoms with E-state index in [0.29, 0.717) is 41.3 Å². The summed E-state index contributed by atoms with van der Waals surface area (Å²) in [6.45, 7) is 4.64. The molecule has 0 saturated carbocycles. The maximum absolute atomic E-state index is 12.1. The van der Waals surface area contributed by atoms with Gasteiger partial charge in [-0.25, -0.2) is 14.4 Å². The van der Waals surface area contributed by atoms with Crippen molar-refractivity contribution in [1.29, 1.82) is 0 Å². The van der Waals surface area contributed by atoms with Gasteiger partial charge < -0.3 is 40.2 Å². The second-order valence-corrected chi connectivity index (χ2v) is 9.63. The number of nitrogens with one attached hydrogen (secondary N) is 2. The molecule has 214 valence electrons. The number of hydrogen-bond donors (Lipinski definition) is 6. The normalized spacial score (nSPS) is 13.6. The third-order valence-electron chi connectivity index (χ3n) is 5.98. The molecule has 1 aromatic heterocycles. The zero-order chi connectivity index (χ0) is 29.4. The predicted molar refractivity (Wildman–Crippen MR) is 143 cm³/mol. The summed E-state index contributed by atoms with van der Waals surface area (Å²) in [5.74, 6) is -2.90. The number of phenolic OH excluding ortho intramolecular Hbond substituents is 1. The van der Waals surface area contributed by atoms with Gasteiger partial charge in [0.1, 0.15) is 11.5 Å². The molecule has 2 heterocycles. The summed E-state index contributed by atoms with van der Waals surface area (Å²) < 4.78 is 12.4. The summed E-state index contributed by atoms with van der Waals surface area (Å²) in [6.07, 6.45) is 1.64. The zero-order valence-electron chi connectivity index (χ0n) is 21.9. The van der Waals surface area contributed by atoms with Gasteiger partial charge in [-0.3, -0.25) is 9.36 Å². The number of benzene rings is 2. The summed E-state index contributed by atoms with van der Waals surface area (Å²) in [7, 11) is 0. The van der Waals surface area contributed by atoms with Crippen molar-refractivity contribution in [2.24, 2.45) is 0 Å². The number of carboxylic acid groups (broad SMARTS) is 2. The van der Waals surface area contributed by atoms with Gasteiger partial charge in [0.2, 0.25) is 0 Å². The van der Waals surface area contributed by atoms with Crippen LogP contribution in [0, 0.1) is 0 Å². The van der Waals surface area contributed by atoms with Gasteiger partial charge in [0.05, 0.1) is 17.3 Å². The van der Waals surface area contributed by atoms with E-state index in [1.165, 1.54) is 12.1 Å². The lowest BCUT2D eigenvalue weighted by Gasteiger charge is -2.29. The number of ether oxygens (including phenoxy) is 1. The van der Waals surface area contributed by atoms with E-state index in [-0.39, 0.29) is 36.1 Å². The van der Waals surface area contributed by atoms with Gasteiger partial charge in [-0.2, -0.15) is 0 Å². The number of aliphatic hydroxyl groups excluding tert-OH is 1.